The molecule has 1 heterocycles. The Morgan fingerprint density at radius 1 is 1.44 bits per heavy atom. The normalized spacial score (nSPS) is 22.2. The summed E-state index contributed by atoms with van der Waals surface area (Å²) in [6, 6.07) is -0.921. The van der Waals surface area contributed by atoms with Crippen LogP contribution in [0.15, 0.2) is 0 Å². The summed E-state index contributed by atoms with van der Waals surface area (Å²) in [5.74, 6) is 0.326. The van der Waals surface area contributed by atoms with Crippen LogP contribution in [0.2, 0.25) is 0 Å². The Hall–Kier alpha value is -0.910. The molecule has 16 heavy (non-hydrogen) atoms. The van der Waals surface area contributed by atoms with Gasteiger partial charge in [0.05, 0.1) is 5.88 Å². The zero-order chi connectivity index (χ0) is 12.3. The number of urea groups is 1. The van der Waals surface area contributed by atoms with E-state index in [0.717, 1.165) is 0 Å². The first kappa shape index (κ1) is 13.2. The third-order valence-electron chi connectivity index (χ3n) is 2.78. The van der Waals surface area contributed by atoms with Gasteiger partial charge in [-0.1, -0.05) is 13.8 Å². The van der Waals surface area contributed by atoms with Gasteiger partial charge >= 0.3 is 12.0 Å². The summed E-state index contributed by atoms with van der Waals surface area (Å²) in [5.41, 5.74) is 0. The molecular formula is C10H18N2O3S. The predicted octanol–water partition coefficient (Wildman–Crippen LogP) is 1.20. The minimum atomic E-state index is -0.933. The second-order valence-electron chi connectivity index (χ2n) is 4.31. The van der Waals surface area contributed by atoms with E-state index in [1.165, 1.54) is 16.7 Å². The average Bonchev–Trinajstić information content (AvgIpc) is 2.65. The quantitative estimate of drug-likeness (QED) is 0.785. The second-order valence-corrected chi connectivity index (χ2v) is 5.31. The summed E-state index contributed by atoms with van der Waals surface area (Å²) in [5, 5.41) is 11.8. The highest BCUT2D eigenvalue weighted by Gasteiger charge is 2.35. The van der Waals surface area contributed by atoms with E-state index in [1.807, 2.05) is 20.8 Å². The molecule has 0 aliphatic carbocycles. The number of hydrogen-bond donors (Lipinski definition) is 2. The molecule has 1 aliphatic rings. The third kappa shape index (κ3) is 3.04. The lowest BCUT2D eigenvalue weighted by Gasteiger charge is -2.25. The molecular weight excluding hydrogens is 228 g/mol. The number of nitrogens with one attached hydrogen (secondary N) is 1. The van der Waals surface area contributed by atoms with Crippen LogP contribution in [0.25, 0.3) is 0 Å². The first-order valence-corrected chi connectivity index (χ1v) is 6.46. The summed E-state index contributed by atoms with van der Waals surface area (Å²) in [7, 11) is 0. The van der Waals surface area contributed by atoms with Gasteiger partial charge in [-0.05, 0) is 12.8 Å². The van der Waals surface area contributed by atoms with E-state index in [4.69, 9.17) is 5.11 Å². The van der Waals surface area contributed by atoms with Gasteiger partial charge in [0.15, 0.2) is 0 Å². The van der Waals surface area contributed by atoms with E-state index >= 15 is 0 Å². The van der Waals surface area contributed by atoms with Gasteiger partial charge < -0.3 is 15.3 Å². The fraction of sp³-hybridized carbons (Fsp3) is 0.800. The lowest BCUT2D eigenvalue weighted by Crippen LogP contribution is -2.50. The van der Waals surface area contributed by atoms with Crippen LogP contribution in [0.4, 0.5) is 4.79 Å². The second kappa shape index (κ2) is 5.43. The van der Waals surface area contributed by atoms with Crippen molar-refractivity contribution in [1.29, 1.82) is 0 Å². The zero-order valence-electron chi connectivity index (χ0n) is 9.77. The molecule has 0 aromatic rings. The van der Waals surface area contributed by atoms with Crippen molar-refractivity contribution >= 4 is 23.8 Å². The lowest BCUT2D eigenvalue weighted by atomic mass is 10.1. The van der Waals surface area contributed by atoms with Gasteiger partial charge in [-0.2, -0.15) is 0 Å². The fourth-order valence-electron chi connectivity index (χ4n) is 1.29. The number of carboxylic acids is 1. The maximum Gasteiger partial charge on any atom is 0.327 e. The molecule has 0 spiro atoms. The molecule has 1 saturated heterocycles. The molecule has 2 amide bonds. The van der Waals surface area contributed by atoms with Crippen molar-refractivity contribution in [1.82, 2.24) is 10.2 Å². The summed E-state index contributed by atoms with van der Waals surface area (Å²) < 4.78 is 0. The number of hydrogen-bond acceptors (Lipinski definition) is 3. The van der Waals surface area contributed by atoms with Crippen molar-refractivity contribution in [2.24, 2.45) is 5.92 Å². The molecule has 0 saturated carbocycles. The number of rotatable bonds is 3. The Labute approximate surface area is 99.6 Å². The first-order valence-electron chi connectivity index (χ1n) is 5.31. The van der Waals surface area contributed by atoms with E-state index in [1.54, 1.807) is 0 Å². The Morgan fingerprint density at radius 2 is 2.06 bits per heavy atom. The number of nitrogens with zero attached hydrogens (tertiary/aromatic N) is 1. The summed E-state index contributed by atoms with van der Waals surface area (Å²) in [4.78, 5) is 24.1. The van der Waals surface area contributed by atoms with Crippen LogP contribution < -0.4 is 5.32 Å². The third-order valence-corrected chi connectivity index (χ3v) is 3.79. The molecule has 0 aromatic heterocycles. The Kier molecular flexibility index (Phi) is 4.46. The highest BCUT2D eigenvalue weighted by molar-refractivity contribution is 7.99. The number of carboxylic acid groups (broad SMARTS) is 1. The van der Waals surface area contributed by atoms with Crippen molar-refractivity contribution in [3.63, 3.8) is 0 Å². The average molecular weight is 246 g/mol. The lowest BCUT2D eigenvalue weighted by molar-refractivity contribution is -0.140. The van der Waals surface area contributed by atoms with E-state index in [0.29, 0.717) is 17.5 Å². The van der Waals surface area contributed by atoms with Crippen LogP contribution in [0, 0.1) is 5.92 Å². The van der Waals surface area contributed by atoms with Gasteiger partial charge in [0.1, 0.15) is 6.04 Å². The monoisotopic (exact) mass is 246 g/mol. The van der Waals surface area contributed by atoms with Crippen molar-refractivity contribution in [3.05, 3.63) is 0 Å². The van der Waals surface area contributed by atoms with Crippen molar-refractivity contribution in [3.8, 4) is 0 Å². The molecule has 5 nitrogen and oxygen atoms in total. The topological polar surface area (TPSA) is 69.6 Å². The fourth-order valence-corrected chi connectivity index (χ4v) is 2.44. The Morgan fingerprint density at radius 3 is 2.56 bits per heavy atom. The largest absolute Gasteiger partial charge is 0.480 e. The highest BCUT2D eigenvalue weighted by Crippen LogP contribution is 2.21. The molecule has 1 fully saturated rings. The smallest absolute Gasteiger partial charge is 0.327 e. The van der Waals surface area contributed by atoms with Gasteiger partial charge in [-0.25, -0.2) is 9.59 Å². The van der Waals surface area contributed by atoms with Crippen molar-refractivity contribution in [2.75, 3.05) is 11.6 Å². The Bertz CT molecular complexity index is 283. The van der Waals surface area contributed by atoms with Gasteiger partial charge in [0.25, 0.3) is 0 Å². The van der Waals surface area contributed by atoms with Gasteiger partial charge in [0, 0.05) is 11.8 Å². The number of carbonyl (C=O) groups excluding carboxylic acids is 1. The zero-order valence-corrected chi connectivity index (χ0v) is 10.6. The van der Waals surface area contributed by atoms with Crippen LogP contribution in [0.3, 0.4) is 0 Å². The molecule has 6 heteroatoms. The molecule has 2 N–H and O–H groups in total. The number of amides is 2. The number of carbonyl (C=O) groups is 2. The van der Waals surface area contributed by atoms with E-state index in [-0.39, 0.29) is 12.1 Å². The van der Waals surface area contributed by atoms with Gasteiger partial charge in [-0.15, -0.1) is 11.8 Å². The molecule has 92 valence electrons. The van der Waals surface area contributed by atoms with Crippen LogP contribution in [-0.4, -0.2) is 45.7 Å². The minimum Gasteiger partial charge on any atom is -0.480 e. The van der Waals surface area contributed by atoms with Gasteiger partial charge in [0.2, 0.25) is 0 Å². The van der Waals surface area contributed by atoms with E-state index < -0.39 is 12.0 Å². The Balaban J connectivity index is 2.56. The molecule has 1 rings (SSSR count). The van der Waals surface area contributed by atoms with Crippen LogP contribution in [0.5, 0.6) is 0 Å². The SMILES string of the molecule is CC(C)C(C)NC(=O)N1CSC[C@H]1C(=O)O. The first-order chi connectivity index (χ1) is 7.43. The van der Waals surface area contributed by atoms with Crippen LogP contribution in [-0.2, 0) is 4.79 Å². The number of thioether (sulfide) groups is 1. The molecule has 0 bridgehead atoms. The van der Waals surface area contributed by atoms with Crippen LogP contribution >= 0.6 is 11.8 Å². The van der Waals surface area contributed by atoms with Crippen molar-refractivity contribution < 1.29 is 14.7 Å². The van der Waals surface area contributed by atoms with Crippen molar-refractivity contribution in [2.45, 2.75) is 32.9 Å². The summed E-state index contributed by atoms with van der Waals surface area (Å²) in [6.45, 7) is 5.94. The van der Waals surface area contributed by atoms with Gasteiger partial charge in [-0.3, -0.25) is 0 Å². The summed E-state index contributed by atoms with van der Waals surface area (Å²) in [6.07, 6.45) is 0. The molecule has 1 aliphatic heterocycles. The molecule has 2 atom stereocenters. The van der Waals surface area contributed by atoms with E-state index in [2.05, 4.69) is 5.32 Å². The maximum atomic E-state index is 11.8. The highest BCUT2D eigenvalue weighted by atomic mass is 32.2. The van der Waals surface area contributed by atoms with Crippen LogP contribution in [0.1, 0.15) is 20.8 Å². The van der Waals surface area contributed by atoms with E-state index in [9.17, 15) is 9.59 Å². The molecule has 0 aromatic carbocycles. The molecule has 0 radical (unpaired) electrons. The summed E-state index contributed by atoms with van der Waals surface area (Å²) >= 11 is 1.47. The molecule has 1 unspecified atom stereocenters. The minimum absolute atomic E-state index is 0.0487. The standard InChI is InChI=1S/C10H18N2O3S/c1-6(2)7(3)11-10(15)12-5-16-4-8(12)9(13)14/h6-8H,4-5H2,1-3H3,(H,11,15)(H,13,14)/t7?,8-/m0/s1. The maximum absolute atomic E-state index is 11.8. The predicted molar refractivity (Wildman–Crippen MR) is 63.4 cm³/mol. The number of aliphatic carboxylic acids is 1.